The van der Waals surface area contributed by atoms with Crippen LogP contribution in [0.2, 0.25) is 18.1 Å². The van der Waals surface area contributed by atoms with Gasteiger partial charge in [0.25, 0.3) is 6.48 Å². The van der Waals surface area contributed by atoms with Crippen molar-refractivity contribution in [1.29, 1.82) is 0 Å². The fourth-order valence-corrected chi connectivity index (χ4v) is 10.5. The lowest BCUT2D eigenvalue weighted by Crippen LogP contribution is -2.77. The van der Waals surface area contributed by atoms with Crippen molar-refractivity contribution < 1.29 is 37.7 Å². The molecule has 0 radical (unpaired) electrons. The molecule has 3 unspecified atom stereocenters. The second-order valence-corrected chi connectivity index (χ2v) is 21.9. The third kappa shape index (κ3) is 4.91. The van der Waals surface area contributed by atoms with E-state index >= 15 is 0 Å². The van der Waals surface area contributed by atoms with Crippen LogP contribution in [0.4, 0.5) is 0 Å². The number of ether oxygens (including phenoxy) is 5. The van der Waals surface area contributed by atoms with E-state index in [1.54, 1.807) is 0 Å². The minimum absolute atomic E-state index is 0.153. The summed E-state index contributed by atoms with van der Waals surface area (Å²) in [5, 5.41) is 12.2. The van der Waals surface area contributed by atoms with Crippen molar-refractivity contribution in [2.24, 2.45) is 0 Å². The summed E-state index contributed by atoms with van der Waals surface area (Å²) in [5.74, 6) is -1.03. The highest BCUT2D eigenvalue weighted by Crippen LogP contribution is 2.48. The van der Waals surface area contributed by atoms with E-state index in [2.05, 4.69) is 82.4 Å². The Kier molecular flexibility index (Phi) is 7.26. The van der Waals surface area contributed by atoms with Gasteiger partial charge in [0.05, 0.1) is 11.1 Å². The van der Waals surface area contributed by atoms with Crippen LogP contribution >= 0.6 is 0 Å². The maximum Gasteiger partial charge on any atom is 0.339 e. The highest BCUT2D eigenvalue weighted by atomic mass is 28.4. The minimum Gasteiger partial charge on any atom is -0.453 e. The zero-order chi connectivity index (χ0) is 38.2. The van der Waals surface area contributed by atoms with E-state index in [1.807, 2.05) is 60.7 Å². The first-order valence-electron chi connectivity index (χ1n) is 19.3. The zero-order valence-corrected chi connectivity index (χ0v) is 32.7. The van der Waals surface area contributed by atoms with E-state index in [0.29, 0.717) is 11.1 Å². The topological polar surface area (TPSA) is 89.5 Å². The average molecular weight is 761 g/mol. The molecule has 12 rings (SSSR count). The maximum atomic E-state index is 14.5. The van der Waals surface area contributed by atoms with E-state index in [4.69, 9.17) is 28.1 Å². The molecule has 3 saturated heterocycles. The van der Waals surface area contributed by atoms with Crippen molar-refractivity contribution in [3.05, 3.63) is 120 Å². The number of benzene rings is 8. The highest BCUT2D eigenvalue weighted by molar-refractivity contribution is 6.74. The molecule has 280 valence electrons. The van der Waals surface area contributed by atoms with E-state index in [0.717, 1.165) is 64.6 Å². The number of hydrogen-bond acceptors (Lipinski definition) is 8. The fourth-order valence-electron chi connectivity index (χ4n) is 9.19. The maximum absolute atomic E-state index is 14.5. The predicted molar refractivity (Wildman–Crippen MR) is 219 cm³/mol. The Hall–Kier alpha value is -5.16. The molecule has 4 bridgehead atoms. The van der Waals surface area contributed by atoms with Crippen molar-refractivity contribution >= 4 is 84.9 Å². The van der Waals surface area contributed by atoms with Gasteiger partial charge in [0, 0.05) is 0 Å². The molecule has 0 aromatic heterocycles. The molecule has 1 aliphatic carbocycles. The van der Waals surface area contributed by atoms with Crippen LogP contribution in [0, 0.1) is 0 Å². The summed E-state index contributed by atoms with van der Waals surface area (Å²) in [5.41, 5.74) is 0.870. The molecule has 3 aliphatic heterocycles. The normalized spacial score (nSPS) is 25.1. The molecule has 0 spiro atoms. The zero-order valence-electron chi connectivity index (χ0n) is 31.7. The Morgan fingerprint density at radius 1 is 0.500 bits per heavy atom. The molecule has 8 aromatic rings. The Balaban J connectivity index is 0.984. The van der Waals surface area contributed by atoms with Crippen molar-refractivity contribution in [2.45, 2.75) is 82.0 Å². The predicted octanol–water partition coefficient (Wildman–Crippen LogP) is 10.1. The van der Waals surface area contributed by atoms with Crippen LogP contribution in [0.5, 0.6) is 0 Å². The van der Waals surface area contributed by atoms with E-state index in [9.17, 15) is 9.59 Å². The first-order chi connectivity index (χ1) is 26.9. The van der Waals surface area contributed by atoms with Gasteiger partial charge in [0.2, 0.25) is 0 Å². The molecule has 7 atom stereocenters. The molecule has 3 heterocycles. The van der Waals surface area contributed by atoms with Gasteiger partial charge in [-0.05, 0) is 94.9 Å². The molecule has 8 aromatic carbocycles. The molecular weight excluding hydrogens is 721 g/mol. The number of hydrogen-bond donors (Lipinski definition) is 0. The van der Waals surface area contributed by atoms with Crippen molar-refractivity contribution in [1.82, 2.24) is 0 Å². The van der Waals surface area contributed by atoms with Crippen molar-refractivity contribution in [3.8, 4) is 0 Å². The first-order valence-corrected chi connectivity index (χ1v) is 22.3. The molecule has 8 nitrogen and oxygen atoms in total. The summed E-state index contributed by atoms with van der Waals surface area (Å²) >= 11 is 0. The van der Waals surface area contributed by atoms with Gasteiger partial charge in [-0.2, -0.15) is 0 Å². The number of esters is 2. The molecule has 0 N–H and O–H groups in total. The standard InChI is InChI=1S/C47H40O8Si/c1-47(2,3)56(4,5)55-43-41-38(50-44(48)32-22-18-28-14-12-24-8-6-10-26-16-20-30(32)36(28)34(24)26)40-39(42(43)54-46(52-40)53-41)51-45(49)33-23-19-29-15-13-25-9-7-11-27-17-21-31(33)37(29)35(25)27/h6-23,38-43,46H,1-5H3/t38-,39+,40?,41+,42-,43?,46?. The monoisotopic (exact) mass is 760 g/mol. The van der Waals surface area contributed by atoms with Gasteiger partial charge >= 0.3 is 11.9 Å². The van der Waals surface area contributed by atoms with Gasteiger partial charge in [-0.15, -0.1) is 0 Å². The van der Waals surface area contributed by atoms with E-state index in [-0.39, 0.29) is 5.04 Å². The van der Waals surface area contributed by atoms with Gasteiger partial charge < -0.3 is 28.1 Å². The van der Waals surface area contributed by atoms with Crippen molar-refractivity contribution in [3.63, 3.8) is 0 Å². The van der Waals surface area contributed by atoms with Gasteiger partial charge in [-0.25, -0.2) is 9.59 Å². The summed E-state index contributed by atoms with van der Waals surface area (Å²) < 4.78 is 39.0. The Labute approximate surface area is 324 Å². The van der Waals surface area contributed by atoms with Crippen LogP contribution < -0.4 is 0 Å². The van der Waals surface area contributed by atoms with Crippen LogP contribution in [0.1, 0.15) is 41.5 Å². The van der Waals surface area contributed by atoms with Crippen LogP contribution in [0.3, 0.4) is 0 Å². The lowest BCUT2D eigenvalue weighted by Gasteiger charge is -2.59. The molecule has 56 heavy (non-hydrogen) atoms. The van der Waals surface area contributed by atoms with E-state index in [1.165, 1.54) is 0 Å². The lowest BCUT2D eigenvalue weighted by atomic mass is 9.82. The third-order valence-electron chi connectivity index (χ3n) is 13.0. The summed E-state index contributed by atoms with van der Waals surface area (Å²) in [6.07, 6.45) is -4.87. The summed E-state index contributed by atoms with van der Waals surface area (Å²) in [4.78, 5) is 29.0. The lowest BCUT2D eigenvalue weighted by molar-refractivity contribution is -0.477. The van der Waals surface area contributed by atoms with Gasteiger partial charge in [-0.3, -0.25) is 0 Å². The summed E-state index contributed by atoms with van der Waals surface area (Å²) in [7, 11) is -2.46. The van der Waals surface area contributed by atoms with Crippen LogP contribution in [0.25, 0.3) is 64.6 Å². The molecule has 1 saturated carbocycles. The van der Waals surface area contributed by atoms with Gasteiger partial charge in [0.1, 0.15) is 24.4 Å². The molecule has 9 heteroatoms. The summed E-state index contributed by atoms with van der Waals surface area (Å²) in [6, 6.07) is 36.5. The molecule has 0 amide bonds. The quantitative estimate of drug-likeness (QED) is 0.0941. The Morgan fingerprint density at radius 2 is 0.857 bits per heavy atom. The van der Waals surface area contributed by atoms with Crippen molar-refractivity contribution in [2.75, 3.05) is 0 Å². The summed E-state index contributed by atoms with van der Waals surface area (Å²) in [6.45, 7) is 9.80. The highest BCUT2D eigenvalue weighted by Gasteiger charge is 2.66. The average Bonchev–Trinajstić information content (AvgIpc) is 3.19. The molecule has 4 aliphatic rings. The SMILES string of the molecule is CC(C)(C)[Si](C)(C)OC1[C@H]2OC3OC([C@H]2OC(=O)c2ccc4ccc5cccc6ccc2c4c56)[C@H](OC(=O)c2ccc4ccc5cccc6ccc2c4c56)[C@H]1O3. The van der Waals surface area contributed by atoms with Crippen LogP contribution in [-0.2, 0) is 28.1 Å². The Bertz CT molecular complexity index is 2680. The molecular formula is C47H40O8Si. The molecule has 4 fully saturated rings. The fraction of sp³-hybridized carbons (Fsp3) is 0.277. The smallest absolute Gasteiger partial charge is 0.339 e. The first kappa shape index (κ1) is 34.1. The van der Waals surface area contributed by atoms with E-state index < -0.39 is 63.4 Å². The van der Waals surface area contributed by atoms with Crippen LogP contribution in [-0.4, -0.2) is 63.4 Å². The largest absolute Gasteiger partial charge is 0.453 e. The number of carbonyl (C=O) groups is 2. The second-order valence-electron chi connectivity index (χ2n) is 17.1. The van der Waals surface area contributed by atoms with Gasteiger partial charge in [0.15, 0.2) is 20.5 Å². The minimum atomic E-state index is -2.46. The number of carbonyl (C=O) groups excluding carboxylic acids is 2. The second kappa shape index (κ2) is 11.9. The third-order valence-corrected chi connectivity index (χ3v) is 17.4. The van der Waals surface area contributed by atoms with Crippen LogP contribution in [0.15, 0.2) is 109 Å². The number of rotatable bonds is 6. The Morgan fingerprint density at radius 3 is 1.27 bits per heavy atom. The van der Waals surface area contributed by atoms with Gasteiger partial charge in [-0.1, -0.05) is 118 Å².